The van der Waals surface area contributed by atoms with Crippen LogP contribution in [-0.4, -0.2) is 61.3 Å². The number of thioether (sulfide) groups is 1. The van der Waals surface area contributed by atoms with Gasteiger partial charge in [-0.15, -0.1) is 11.8 Å². The molecule has 3 rings (SSSR count). The van der Waals surface area contributed by atoms with Crippen LogP contribution in [0.4, 0.5) is 4.79 Å². The Hall–Kier alpha value is -3.53. The molecule has 0 spiro atoms. The van der Waals surface area contributed by atoms with Crippen molar-refractivity contribution in [3.05, 3.63) is 59.7 Å². The summed E-state index contributed by atoms with van der Waals surface area (Å²) in [7, 11) is 1.25. The van der Waals surface area contributed by atoms with Crippen LogP contribution in [0.5, 0.6) is 0 Å². The van der Waals surface area contributed by atoms with E-state index in [4.69, 9.17) is 9.47 Å². The zero-order valence-corrected chi connectivity index (χ0v) is 22.2. The summed E-state index contributed by atoms with van der Waals surface area (Å²) in [5.74, 6) is -1.26. The Balaban J connectivity index is 1.67. The summed E-state index contributed by atoms with van der Waals surface area (Å²) in [4.78, 5) is 49.1. The molecule has 2 atom stereocenters. The van der Waals surface area contributed by atoms with Crippen LogP contribution in [0.1, 0.15) is 37.8 Å². The molecule has 10 heteroatoms. The summed E-state index contributed by atoms with van der Waals surface area (Å²) in [6, 6.07) is 14.1. The fourth-order valence-electron chi connectivity index (χ4n) is 4.17. The molecule has 0 heterocycles. The molecule has 3 amide bonds. The molecule has 37 heavy (non-hydrogen) atoms. The molecule has 9 nitrogen and oxygen atoms in total. The monoisotopic (exact) mass is 527 g/mol. The van der Waals surface area contributed by atoms with Gasteiger partial charge in [0.25, 0.3) is 0 Å². The Morgan fingerprint density at radius 2 is 1.54 bits per heavy atom. The van der Waals surface area contributed by atoms with Gasteiger partial charge in [-0.3, -0.25) is 9.59 Å². The third-order valence-corrected chi connectivity index (χ3v) is 7.00. The highest BCUT2D eigenvalue weighted by Crippen LogP contribution is 2.44. The predicted octanol–water partition coefficient (Wildman–Crippen LogP) is 3.03. The fraction of sp³-hybridized carbons (Fsp3) is 0.407. The molecular weight excluding hydrogens is 494 g/mol. The van der Waals surface area contributed by atoms with Crippen LogP contribution in [0.15, 0.2) is 48.5 Å². The number of methoxy groups -OCH3 is 1. The van der Waals surface area contributed by atoms with Gasteiger partial charge in [-0.2, -0.15) is 0 Å². The molecule has 1 aliphatic carbocycles. The van der Waals surface area contributed by atoms with E-state index in [1.807, 2.05) is 48.5 Å². The van der Waals surface area contributed by atoms with Gasteiger partial charge in [-0.1, -0.05) is 62.4 Å². The number of hydrogen-bond donors (Lipinski definition) is 3. The lowest BCUT2D eigenvalue weighted by Crippen LogP contribution is -2.54. The molecule has 0 saturated carbocycles. The van der Waals surface area contributed by atoms with Crippen molar-refractivity contribution in [2.45, 2.75) is 38.8 Å². The highest BCUT2D eigenvalue weighted by atomic mass is 32.2. The minimum atomic E-state index is -1.000. The van der Waals surface area contributed by atoms with E-state index in [0.29, 0.717) is 0 Å². The molecule has 0 saturated heterocycles. The smallest absolute Gasteiger partial charge is 0.407 e. The first-order valence-corrected chi connectivity index (χ1v) is 13.2. The van der Waals surface area contributed by atoms with Gasteiger partial charge in [0.1, 0.15) is 18.7 Å². The van der Waals surface area contributed by atoms with E-state index in [1.54, 1.807) is 13.8 Å². The molecule has 1 aliphatic rings. The fourth-order valence-corrected chi connectivity index (χ4v) is 5.07. The van der Waals surface area contributed by atoms with Crippen LogP contribution in [0.25, 0.3) is 11.1 Å². The Labute approximate surface area is 221 Å². The van der Waals surface area contributed by atoms with E-state index >= 15 is 0 Å². The molecule has 0 fully saturated rings. The van der Waals surface area contributed by atoms with E-state index in [-0.39, 0.29) is 36.0 Å². The van der Waals surface area contributed by atoms with Gasteiger partial charge in [0.2, 0.25) is 11.8 Å². The SMILES string of the molecule is COC(=O)[C@@H](NC(=O)[C@H](CSCNC(C)=O)NC(=O)OCC1c2ccccc2-c2ccccc21)C(C)C. The second-order valence-corrected chi connectivity index (χ2v) is 10.1. The van der Waals surface area contributed by atoms with Crippen LogP contribution in [0.2, 0.25) is 0 Å². The predicted molar refractivity (Wildman–Crippen MR) is 142 cm³/mol. The topological polar surface area (TPSA) is 123 Å². The standard InChI is InChI=1S/C27H33N3O6S/c1-16(2)24(26(33)35-4)30-25(32)23(14-37-15-28-17(3)31)29-27(34)36-13-22-20-11-7-5-9-18(20)19-10-6-8-12-21(19)22/h5-12,16,22-24H,13-15H2,1-4H3,(H,28,31)(H,29,34)(H,30,32)/t23-,24-/m0/s1. The average Bonchev–Trinajstić information content (AvgIpc) is 3.20. The second kappa shape index (κ2) is 13.1. The van der Waals surface area contributed by atoms with Crippen LogP contribution in [-0.2, 0) is 23.9 Å². The molecule has 0 radical (unpaired) electrons. The normalized spacial score (nSPS) is 13.6. The number of carbonyl (C=O) groups is 4. The van der Waals surface area contributed by atoms with E-state index in [2.05, 4.69) is 16.0 Å². The van der Waals surface area contributed by atoms with Crippen molar-refractivity contribution in [3.8, 4) is 11.1 Å². The highest BCUT2D eigenvalue weighted by Gasteiger charge is 2.31. The van der Waals surface area contributed by atoms with Crippen LogP contribution >= 0.6 is 11.8 Å². The minimum Gasteiger partial charge on any atom is -0.467 e. The molecule has 0 aliphatic heterocycles. The lowest BCUT2D eigenvalue weighted by atomic mass is 9.98. The molecule has 198 valence electrons. The first-order valence-electron chi connectivity index (χ1n) is 12.0. The van der Waals surface area contributed by atoms with Crippen molar-refractivity contribution in [1.82, 2.24) is 16.0 Å². The second-order valence-electron chi connectivity index (χ2n) is 9.02. The number of nitrogens with one attached hydrogen (secondary N) is 3. The van der Waals surface area contributed by atoms with Gasteiger partial charge < -0.3 is 25.4 Å². The molecule has 2 aromatic carbocycles. The Bertz CT molecular complexity index is 1090. The Morgan fingerprint density at radius 1 is 0.946 bits per heavy atom. The maximum absolute atomic E-state index is 13.0. The van der Waals surface area contributed by atoms with Gasteiger partial charge in [0.15, 0.2) is 0 Å². The summed E-state index contributed by atoms with van der Waals surface area (Å²) in [6.07, 6.45) is -0.749. The van der Waals surface area contributed by atoms with Crippen LogP contribution < -0.4 is 16.0 Å². The van der Waals surface area contributed by atoms with E-state index in [9.17, 15) is 19.2 Å². The molecule has 0 unspecified atom stereocenters. The molecule has 2 aromatic rings. The van der Waals surface area contributed by atoms with Gasteiger partial charge in [0.05, 0.1) is 13.0 Å². The number of amides is 3. The van der Waals surface area contributed by atoms with E-state index in [0.717, 1.165) is 22.3 Å². The van der Waals surface area contributed by atoms with Crippen molar-refractivity contribution >= 4 is 35.6 Å². The van der Waals surface area contributed by atoms with Crippen molar-refractivity contribution in [2.24, 2.45) is 5.92 Å². The van der Waals surface area contributed by atoms with Crippen molar-refractivity contribution in [3.63, 3.8) is 0 Å². The van der Waals surface area contributed by atoms with E-state index in [1.165, 1.54) is 25.8 Å². The highest BCUT2D eigenvalue weighted by molar-refractivity contribution is 7.99. The number of ether oxygens (including phenoxy) is 2. The van der Waals surface area contributed by atoms with E-state index < -0.39 is 30.1 Å². The molecular formula is C27H33N3O6S. The molecule has 3 N–H and O–H groups in total. The first kappa shape index (κ1) is 28.0. The van der Waals surface area contributed by atoms with Crippen molar-refractivity contribution in [1.29, 1.82) is 0 Å². The number of fused-ring (bicyclic) bond motifs is 3. The number of esters is 1. The van der Waals surface area contributed by atoms with Gasteiger partial charge in [-0.25, -0.2) is 9.59 Å². The average molecular weight is 528 g/mol. The van der Waals surface area contributed by atoms with Crippen molar-refractivity contribution < 1.29 is 28.7 Å². The van der Waals surface area contributed by atoms with Gasteiger partial charge in [0, 0.05) is 18.6 Å². The maximum atomic E-state index is 13.0. The minimum absolute atomic E-state index is 0.101. The quantitative estimate of drug-likeness (QED) is 0.233. The third-order valence-electron chi connectivity index (χ3n) is 6.08. The third kappa shape index (κ3) is 7.25. The Kier molecular flexibility index (Phi) is 9.96. The lowest BCUT2D eigenvalue weighted by molar-refractivity contribution is -0.146. The molecule has 0 aromatic heterocycles. The Morgan fingerprint density at radius 3 is 2.08 bits per heavy atom. The van der Waals surface area contributed by atoms with Crippen LogP contribution in [0.3, 0.4) is 0 Å². The zero-order valence-electron chi connectivity index (χ0n) is 21.4. The summed E-state index contributed by atoms with van der Waals surface area (Å²) >= 11 is 1.26. The van der Waals surface area contributed by atoms with Gasteiger partial charge >= 0.3 is 12.1 Å². The summed E-state index contributed by atoms with van der Waals surface area (Å²) < 4.78 is 10.4. The zero-order chi connectivity index (χ0) is 26.9. The number of alkyl carbamates (subject to hydrolysis) is 1. The largest absolute Gasteiger partial charge is 0.467 e. The van der Waals surface area contributed by atoms with Crippen molar-refractivity contribution in [2.75, 3.05) is 25.3 Å². The number of carbonyl (C=O) groups excluding carboxylic acids is 4. The maximum Gasteiger partial charge on any atom is 0.407 e. The lowest BCUT2D eigenvalue weighted by Gasteiger charge is -2.24. The summed E-state index contributed by atoms with van der Waals surface area (Å²) in [5, 5.41) is 7.92. The van der Waals surface area contributed by atoms with Crippen LogP contribution in [0, 0.1) is 5.92 Å². The summed E-state index contributed by atoms with van der Waals surface area (Å²) in [6.45, 7) is 5.05. The van der Waals surface area contributed by atoms with Gasteiger partial charge in [-0.05, 0) is 28.2 Å². The number of rotatable bonds is 11. The first-order chi connectivity index (χ1) is 17.7. The molecule has 0 bridgehead atoms. The number of hydrogen-bond acceptors (Lipinski definition) is 7. The summed E-state index contributed by atoms with van der Waals surface area (Å²) in [5.41, 5.74) is 4.38. The number of benzene rings is 2.